The quantitative estimate of drug-likeness (QED) is 0.738. The first-order valence-corrected chi connectivity index (χ1v) is 10.0. The third-order valence-electron chi connectivity index (χ3n) is 6.14. The molecule has 25 heavy (non-hydrogen) atoms. The lowest BCUT2D eigenvalue weighted by molar-refractivity contribution is 0.0732. The summed E-state index contributed by atoms with van der Waals surface area (Å²) in [5, 5.41) is 0. The fourth-order valence-corrected chi connectivity index (χ4v) is 3.67. The highest BCUT2D eigenvalue weighted by atomic mass is 15.4. The molecule has 2 aliphatic rings. The Kier molecular flexibility index (Phi) is 5.85. The average molecular weight is 351 g/mol. The van der Waals surface area contributed by atoms with Crippen LogP contribution >= 0.6 is 0 Å². The van der Waals surface area contributed by atoms with Crippen LogP contribution in [0.2, 0.25) is 0 Å². The van der Waals surface area contributed by atoms with Crippen LogP contribution in [0.25, 0.3) is 0 Å². The van der Waals surface area contributed by atoms with Gasteiger partial charge in [-0.2, -0.15) is 0 Å². The minimum Gasteiger partial charge on any atom is -0.356 e. The molecule has 4 heteroatoms. The van der Waals surface area contributed by atoms with E-state index in [0.29, 0.717) is 6.04 Å². The largest absolute Gasteiger partial charge is 0.356 e. The van der Waals surface area contributed by atoms with Crippen molar-refractivity contribution in [2.75, 3.05) is 26.4 Å². The van der Waals surface area contributed by atoms with E-state index in [9.17, 15) is 0 Å². The lowest BCUT2D eigenvalue weighted by Crippen LogP contribution is -2.47. The van der Waals surface area contributed by atoms with Crippen LogP contribution in [-0.4, -0.2) is 68.7 Å². The molecule has 0 radical (unpaired) electrons. The Morgan fingerprint density at radius 2 is 1.40 bits per heavy atom. The topological polar surface area (TPSA) is 13.0 Å². The molecule has 0 aliphatic carbocycles. The first-order chi connectivity index (χ1) is 11.3. The predicted molar refractivity (Wildman–Crippen MR) is 108 cm³/mol. The van der Waals surface area contributed by atoms with Crippen LogP contribution in [-0.2, 0) is 0 Å². The van der Waals surface area contributed by atoms with Crippen LogP contribution in [0.1, 0.15) is 75.2 Å². The molecular weight excluding hydrogens is 308 g/mol. The first-order valence-electron chi connectivity index (χ1n) is 10.0. The Hall–Kier alpha value is -0.740. The van der Waals surface area contributed by atoms with Gasteiger partial charge in [-0.05, 0) is 75.2 Å². The third-order valence-corrected chi connectivity index (χ3v) is 6.14. The molecule has 0 aromatic heterocycles. The second-order valence-electron chi connectivity index (χ2n) is 10.6. The molecule has 0 aromatic carbocycles. The van der Waals surface area contributed by atoms with Crippen molar-refractivity contribution in [2.45, 2.75) is 97.8 Å². The number of hydrogen-bond donors (Lipinski definition) is 0. The van der Waals surface area contributed by atoms with E-state index in [1.807, 2.05) is 0 Å². The second kappa shape index (κ2) is 7.11. The SMILES string of the molecule is C[C@H](CCC(C)(C)N1CCN(C(C)(C)C)C1)N1C=CN(C(C)(C)C)C1. The van der Waals surface area contributed by atoms with Gasteiger partial charge in [0.15, 0.2) is 0 Å². The van der Waals surface area contributed by atoms with Gasteiger partial charge >= 0.3 is 0 Å². The molecule has 1 atom stereocenters. The van der Waals surface area contributed by atoms with Crippen molar-refractivity contribution >= 4 is 0 Å². The van der Waals surface area contributed by atoms with Crippen molar-refractivity contribution in [3.63, 3.8) is 0 Å². The number of hydrogen-bond acceptors (Lipinski definition) is 4. The summed E-state index contributed by atoms with van der Waals surface area (Å²) in [5.74, 6) is 0. The maximum Gasteiger partial charge on any atom is 0.0901 e. The summed E-state index contributed by atoms with van der Waals surface area (Å²) in [6, 6.07) is 0.587. The summed E-state index contributed by atoms with van der Waals surface area (Å²) in [7, 11) is 0. The van der Waals surface area contributed by atoms with E-state index < -0.39 is 0 Å². The zero-order chi connectivity index (χ0) is 19.0. The molecule has 0 aromatic rings. The molecule has 0 unspecified atom stereocenters. The summed E-state index contributed by atoms with van der Waals surface area (Å²) in [6.45, 7) is 25.6. The molecule has 0 bridgehead atoms. The summed E-state index contributed by atoms with van der Waals surface area (Å²) in [4.78, 5) is 10.2. The molecule has 1 fully saturated rings. The Labute approximate surface area is 156 Å². The summed E-state index contributed by atoms with van der Waals surface area (Å²) < 4.78 is 0. The molecule has 0 spiro atoms. The summed E-state index contributed by atoms with van der Waals surface area (Å²) in [6.07, 6.45) is 7.01. The minimum atomic E-state index is 0.205. The van der Waals surface area contributed by atoms with Crippen molar-refractivity contribution < 1.29 is 0 Å². The normalized spacial score (nSPS) is 22.3. The molecule has 2 rings (SSSR count). The van der Waals surface area contributed by atoms with Gasteiger partial charge in [-0.15, -0.1) is 0 Å². The van der Waals surface area contributed by atoms with E-state index in [2.05, 4.69) is 94.3 Å². The van der Waals surface area contributed by atoms with E-state index in [1.165, 1.54) is 25.9 Å². The maximum atomic E-state index is 2.67. The standard InChI is InChI=1S/C21H42N4/c1-18(22-12-13-23(16-22)19(2,3)4)10-11-21(8,9)25-15-14-24(17-25)20(5,6)7/h12-13,18H,10-11,14-17H2,1-9H3/t18-/m1/s1. The van der Waals surface area contributed by atoms with Gasteiger partial charge in [0.2, 0.25) is 0 Å². The Morgan fingerprint density at radius 1 is 0.800 bits per heavy atom. The molecule has 1 saturated heterocycles. The van der Waals surface area contributed by atoms with E-state index in [0.717, 1.165) is 13.3 Å². The first kappa shape index (κ1) is 20.6. The van der Waals surface area contributed by atoms with Crippen molar-refractivity contribution in [2.24, 2.45) is 0 Å². The smallest absolute Gasteiger partial charge is 0.0901 e. The minimum absolute atomic E-state index is 0.205. The van der Waals surface area contributed by atoms with Gasteiger partial charge in [0, 0.05) is 48.1 Å². The molecule has 0 amide bonds. The average Bonchev–Trinajstić information content (AvgIpc) is 3.12. The fraction of sp³-hybridized carbons (Fsp3) is 0.905. The van der Waals surface area contributed by atoms with Gasteiger partial charge in [0.25, 0.3) is 0 Å². The van der Waals surface area contributed by atoms with E-state index in [-0.39, 0.29) is 16.6 Å². The van der Waals surface area contributed by atoms with Crippen LogP contribution in [0.15, 0.2) is 12.4 Å². The maximum absolute atomic E-state index is 2.67. The monoisotopic (exact) mass is 350 g/mol. The molecule has 4 nitrogen and oxygen atoms in total. The molecule has 0 saturated carbocycles. The Morgan fingerprint density at radius 3 is 1.88 bits per heavy atom. The molecule has 146 valence electrons. The van der Waals surface area contributed by atoms with E-state index >= 15 is 0 Å². The molecule has 0 N–H and O–H groups in total. The van der Waals surface area contributed by atoms with Gasteiger partial charge in [0.1, 0.15) is 0 Å². The van der Waals surface area contributed by atoms with Crippen LogP contribution in [0.4, 0.5) is 0 Å². The van der Waals surface area contributed by atoms with Crippen LogP contribution < -0.4 is 0 Å². The third kappa shape index (κ3) is 5.13. The number of rotatable bonds is 5. The Balaban J connectivity index is 1.83. The van der Waals surface area contributed by atoms with Crippen LogP contribution in [0, 0.1) is 0 Å². The van der Waals surface area contributed by atoms with Crippen molar-refractivity contribution in [1.82, 2.24) is 19.6 Å². The summed E-state index contributed by atoms with van der Waals surface area (Å²) >= 11 is 0. The van der Waals surface area contributed by atoms with Gasteiger partial charge in [0.05, 0.1) is 13.3 Å². The van der Waals surface area contributed by atoms with Crippen LogP contribution in [0.5, 0.6) is 0 Å². The highest BCUT2D eigenvalue weighted by Gasteiger charge is 2.36. The highest BCUT2D eigenvalue weighted by Crippen LogP contribution is 2.29. The lowest BCUT2D eigenvalue weighted by atomic mass is 9.94. The van der Waals surface area contributed by atoms with Gasteiger partial charge in [-0.3, -0.25) is 9.80 Å². The Bertz CT molecular complexity index is 469. The number of nitrogens with zero attached hydrogens (tertiary/aromatic N) is 4. The lowest BCUT2D eigenvalue weighted by Gasteiger charge is -2.39. The zero-order valence-corrected chi connectivity index (χ0v) is 18.3. The summed E-state index contributed by atoms with van der Waals surface area (Å²) in [5.41, 5.74) is 0.743. The zero-order valence-electron chi connectivity index (χ0n) is 18.3. The van der Waals surface area contributed by atoms with Gasteiger partial charge < -0.3 is 9.80 Å². The van der Waals surface area contributed by atoms with Crippen LogP contribution in [0.3, 0.4) is 0 Å². The van der Waals surface area contributed by atoms with Crippen molar-refractivity contribution in [3.8, 4) is 0 Å². The van der Waals surface area contributed by atoms with E-state index in [4.69, 9.17) is 0 Å². The predicted octanol–water partition coefficient (Wildman–Crippen LogP) is 4.15. The van der Waals surface area contributed by atoms with Crippen molar-refractivity contribution in [1.29, 1.82) is 0 Å². The van der Waals surface area contributed by atoms with Gasteiger partial charge in [-0.25, -0.2) is 0 Å². The van der Waals surface area contributed by atoms with E-state index in [1.54, 1.807) is 0 Å². The second-order valence-corrected chi connectivity index (χ2v) is 10.6. The molecular formula is C21H42N4. The van der Waals surface area contributed by atoms with Crippen molar-refractivity contribution in [3.05, 3.63) is 12.4 Å². The highest BCUT2D eigenvalue weighted by molar-refractivity contribution is 4.98. The molecule has 2 heterocycles. The van der Waals surface area contributed by atoms with Gasteiger partial charge in [-0.1, -0.05) is 0 Å². The fourth-order valence-electron chi connectivity index (χ4n) is 3.67. The molecule has 2 aliphatic heterocycles.